The number of thiophene rings is 1. The molecule has 2 heterocycles. The number of hydrazone groups is 1. The Morgan fingerprint density at radius 1 is 1.27 bits per heavy atom. The van der Waals surface area contributed by atoms with Crippen LogP contribution in [0.5, 0.6) is 0 Å². The van der Waals surface area contributed by atoms with Crippen LogP contribution in [0.2, 0.25) is 0 Å². The van der Waals surface area contributed by atoms with Crippen LogP contribution in [-0.2, 0) is 0 Å². The lowest BCUT2D eigenvalue weighted by molar-refractivity contribution is -0.384. The van der Waals surface area contributed by atoms with Crippen LogP contribution in [0.3, 0.4) is 0 Å². The van der Waals surface area contributed by atoms with E-state index in [9.17, 15) is 10.1 Å². The van der Waals surface area contributed by atoms with Gasteiger partial charge in [0.1, 0.15) is 0 Å². The number of nitro benzene ring substituents is 1. The summed E-state index contributed by atoms with van der Waals surface area (Å²) in [6, 6.07) is 10.3. The highest BCUT2D eigenvalue weighted by Crippen LogP contribution is 2.27. The minimum absolute atomic E-state index is 0.0516. The molecule has 3 aromatic rings. The van der Waals surface area contributed by atoms with E-state index in [1.54, 1.807) is 29.7 Å². The lowest BCUT2D eigenvalue weighted by Crippen LogP contribution is -1.90. The molecule has 8 heteroatoms. The van der Waals surface area contributed by atoms with Gasteiger partial charge in [0, 0.05) is 28.0 Å². The molecule has 0 aliphatic rings. The maximum absolute atomic E-state index is 10.8. The molecule has 0 unspecified atom stereocenters. The third-order valence-electron chi connectivity index (χ3n) is 2.75. The average Bonchev–Trinajstić information content (AvgIpc) is 3.19. The number of thiazole rings is 1. The smallest absolute Gasteiger partial charge is 0.258 e. The third-order valence-corrected chi connectivity index (χ3v) is 4.31. The van der Waals surface area contributed by atoms with Crippen LogP contribution in [0, 0.1) is 10.1 Å². The van der Waals surface area contributed by atoms with Gasteiger partial charge in [-0.15, -0.1) is 22.7 Å². The van der Waals surface area contributed by atoms with Crippen molar-refractivity contribution in [3.8, 4) is 11.3 Å². The maximum Gasteiger partial charge on any atom is 0.270 e. The number of anilines is 1. The van der Waals surface area contributed by atoms with Gasteiger partial charge in [0.2, 0.25) is 5.13 Å². The molecule has 0 spiro atoms. The van der Waals surface area contributed by atoms with E-state index in [4.69, 9.17) is 0 Å². The van der Waals surface area contributed by atoms with Crippen molar-refractivity contribution < 1.29 is 4.92 Å². The Labute approximate surface area is 133 Å². The third kappa shape index (κ3) is 3.35. The van der Waals surface area contributed by atoms with Gasteiger partial charge in [0.05, 0.1) is 16.8 Å². The van der Waals surface area contributed by atoms with E-state index in [1.165, 1.54) is 23.5 Å². The molecule has 0 aliphatic carbocycles. The lowest BCUT2D eigenvalue weighted by Gasteiger charge is -1.96. The van der Waals surface area contributed by atoms with Crippen molar-refractivity contribution in [3.63, 3.8) is 0 Å². The molecule has 6 nitrogen and oxygen atoms in total. The summed E-state index contributed by atoms with van der Waals surface area (Å²) >= 11 is 2.99. The van der Waals surface area contributed by atoms with Gasteiger partial charge in [-0.2, -0.15) is 5.10 Å². The summed E-state index contributed by atoms with van der Waals surface area (Å²) in [4.78, 5) is 15.8. The number of hydrogen-bond acceptors (Lipinski definition) is 7. The van der Waals surface area contributed by atoms with E-state index in [0.29, 0.717) is 16.4 Å². The van der Waals surface area contributed by atoms with Crippen molar-refractivity contribution in [2.75, 3.05) is 5.43 Å². The van der Waals surface area contributed by atoms with Crippen LogP contribution in [0.4, 0.5) is 10.8 Å². The van der Waals surface area contributed by atoms with Gasteiger partial charge in [-0.25, -0.2) is 4.98 Å². The molecular weight excluding hydrogens is 320 g/mol. The number of benzene rings is 1. The van der Waals surface area contributed by atoms with Crippen molar-refractivity contribution in [3.05, 3.63) is 62.1 Å². The predicted octanol–water partition coefficient (Wildman–Crippen LogP) is 4.23. The van der Waals surface area contributed by atoms with Crippen molar-refractivity contribution in [1.82, 2.24) is 4.98 Å². The molecule has 0 amide bonds. The minimum atomic E-state index is -0.416. The summed E-state index contributed by atoms with van der Waals surface area (Å²) in [5.41, 5.74) is 4.30. The Hall–Kier alpha value is -2.58. The van der Waals surface area contributed by atoms with Crippen LogP contribution in [0.1, 0.15) is 4.88 Å². The topological polar surface area (TPSA) is 80.4 Å². The second-order valence-electron chi connectivity index (χ2n) is 4.23. The van der Waals surface area contributed by atoms with Crippen molar-refractivity contribution in [2.45, 2.75) is 0 Å². The molecule has 2 aromatic heterocycles. The van der Waals surface area contributed by atoms with Crippen LogP contribution >= 0.6 is 22.7 Å². The van der Waals surface area contributed by atoms with Crippen molar-refractivity contribution in [1.29, 1.82) is 0 Å². The van der Waals surface area contributed by atoms with E-state index in [1.807, 2.05) is 22.9 Å². The molecule has 0 radical (unpaired) electrons. The first-order chi connectivity index (χ1) is 10.7. The summed E-state index contributed by atoms with van der Waals surface area (Å²) < 4.78 is 0. The normalized spacial score (nSPS) is 10.9. The Bertz CT molecular complexity index is 812. The zero-order chi connectivity index (χ0) is 15.4. The van der Waals surface area contributed by atoms with E-state index in [-0.39, 0.29) is 5.69 Å². The molecule has 0 aliphatic heterocycles. The first-order valence-electron chi connectivity index (χ1n) is 6.25. The summed E-state index contributed by atoms with van der Waals surface area (Å²) in [5.74, 6) is 0. The van der Waals surface area contributed by atoms with Gasteiger partial charge in [-0.05, 0) is 11.4 Å². The lowest BCUT2D eigenvalue weighted by atomic mass is 10.1. The second-order valence-corrected chi connectivity index (χ2v) is 6.07. The zero-order valence-electron chi connectivity index (χ0n) is 11.2. The van der Waals surface area contributed by atoms with Crippen LogP contribution < -0.4 is 5.43 Å². The molecule has 22 heavy (non-hydrogen) atoms. The SMILES string of the molecule is O=[N+]([O-])c1cccc(-c2csc(N/N=C/c3cccs3)n2)c1. The van der Waals surface area contributed by atoms with E-state index in [0.717, 1.165) is 4.88 Å². The predicted molar refractivity (Wildman–Crippen MR) is 89.7 cm³/mol. The number of non-ortho nitro benzene ring substituents is 1. The van der Waals surface area contributed by atoms with Crippen LogP contribution in [-0.4, -0.2) is 16.1 Å². The molecule has 3 rings (SSSR count). The molecule has 110 valence electrons. The van der Waals surface area contributed by atoms with Crippen molar-refractivity contribution in [2.24, 2.45) is 5.10 Å². The molecule has 0 atom stereocenters. The minimum Gasteiger partial charge on any atom is -0.258 e. The number of nitrogens with one attached hydrogen (secondary N) is 1. The molecular formula is C14H10N4O2S2. The van der Waals surface area contributed by atoms with Gasteiger partial charge < -0.3 is 0 Å². The van der Waals surface area contributed by atoms with Gasteiger partial charge >= 0.3 is 0 Å². The average molecular weight is 330 g/mol. The number of rotatable bonds is 5. The number of hydrogen-bond donors (Lipinski definition) is 1. The fraction of sp³-hybridized carbons (Fsp3) is 0. The van der Waals surface area contributed by atoms with E-state index >= 15 is 0 Å². The van der Waals surface area contributed by atoms with Crippen LogP contribution in [0.15, 0.2) is 52.3 Å². The Morgan fingerprint density at radius 3 is 2.95 bits per heavy atom. The highest BCUT2D eigenvalue weighted by molar-refractivity contribution is 7.14. The van der Waals surface area contributed by atoms with Crippen molar-refractivity contribution >= 4 is 39.7 Å². The fourth-order valence-electron chi connectivity index (χ4n) is 1.75. The fourth-order valence-corrected chi connectivity index (χ4v) is 3.01. The quantitative estimate of drug-likeness (QED) is 0.431. The number of nitro groups is 1. The Morgan fingerprint density at radius 2 is 2.18 bits per heavy atom. The second kappa shape index (κ2) is 6.46. The highest BCUT2D eigenvalue weighted by Gasteiger charge is 2.09. The maximum atomic E-state index is 10.8. The number of aromatic nitrogens is 1. The molecule has 1 N–H and O–H groups in total. The molecule has 0 bridgehead atoms. The van der Waals surface area contributed by atoms with E-state index < -0.39 is 4.92 Å². The molecule has 0 fully saturated rings. The van der Waals surface area contributed by atoms with Gasteiger partial charge in [0.25, 0.3) is 5.69 Å². The van der Waals surface area contributed by atoms with Gasteiger partial charge in [-0.1, -0.05) is 18.2 Å². The number of nitrogens with zero attached hydrogens (tertiary/aromatic N) is 3. The Kier molecular flexibility index (Phi) is 4.22. The first-order valence-corrected chi connectivity index (χ1v) is 8.01. The first kappa shape index (κ1) is 14.4. The summed E-state index contributed by atoms with van der Waals surface area (Å²) in [6.45, 7) is 0. The standard InChI is InChI=1S/C14H10N4O2S2/c19-18(20)11-4-1-3-10(7-11)13-9-22-14(16-13)17-15-8-12-5-2-6-21-12/h1-9H,(H,16,17)/b15-8+. The highest BCUT2D eigenvalue weighted by atomic mass is 32.1. The molecule has 1 aromatic carbocycles. The summed E-state index contributed by atoms with van der Waals surface area (Å²) in [7, 11) is 0. The zero-order valence-corrected chi connectivity index (χ0v) is 12.8. The van der Waals surface area contributed by atoms with Gasteiger partial charge in [-0.3, -0.25) is 15.5 Å². The summed E-state index contributed by atoms with van der Waals surface area (Å²) in [6.07, 6.45) is 1.72. The summed E-state index contributed by atoms with van der Waals surface area (Å²) in [5, 5.41) is 19.4. The Balaban J connectivity index is 1.73. The van der Waals surface area contributed by atoms with Crippen LogP contribution in [0.25, 0.3) is 11.3 Å². The molecule has 0 saturated heterocycles. The largest absolute Gasteiger partial charge is 0.270 e. The van der Waals surface area contributed by atoms with Gasteiger partial charge in [0.15, 0.2) is 0 Å². The monoisotopic (exact) mass is 330 g/mol. The molecule has 0 saturated carbocycles. The van der Waals surface area contributed by atoms with E-state index in [2.05, 4.69) is 15.5 Å².